The van der Waals surface area contributed by atoms with Crippen molar-refractivity contribution in [3.63, 3.8) is 0 Å². The Labute approximate surface area is 232 Å². The zero-order chi connectivity index (χ0) is 28.5. The molecule has 2 saturated heterocycles. The van der Waals surface area contributed by atoms with E-state index in [1.165, 1.54) is 21.3 Å². The largest absolute Gasteiger partial charge is 0.468 e. The van der Waals surface area contributed by atoms with Crippen molar-refractivity contribution in [1.82, 2.24) is 24.8 Å². The number of methoxy groups -OCH3 is 3. The van der Waals surface area contributed by atoms with E-state index in [0.717, 1.165) is 5.69 Å². The second-order valence-electron chi connectivity index (χ2n) is 10.2. The quantitative estimate of drug-likeness (QED) is 0.343. The van der Waals surface area contributed by atoms with Crippen molar-refractivity contribution in [2.24, 2.45) is 10.8 Å². The van der Waals surface area contributed by atoms with Crippen LogP contribution in [0.3, 0.4) is 0 Å². The average molecular weight is 548 g/mol. The first kappa shape index (κ1) is 27.8. The number of esters is 2. The molecule has 3 aromatic rings. The zero-order valence-electron chi connectivity index (χ0n) is 22.9. The lowest BCUT2D eigenvalue weighted by Crippen LogP contribution is -2.83. The van der Waals surface area contributed by atoms with Gasteiger partial charge in [0.25, 0.3) is 0 Å². The van der Waals surface area contributed by atoms with Crippen LogP contribution < -0.4 is 0 Å². The maximum Gasteiger partial charge on any atom is 0.320 e. The molecule has 2 bridgehead atoms. The molecule has 2 aliphatic heterocycles. The van der Waals surface area contributed by atoms with Crippen molar-refractivity contribution >= 4 is 11.9 Å². The van der Waals surface area contributed by atoms with Crippen LogP contribution >= 0.6 is 0 Å². The van der Waals surface area contributed by atoms with Crippen LogP contribution in [0.1, 0.15) is 29.2 Å². The summed E-state index contributed by atoms with van der Waals surface area (Å²) in [5, 5.41) is 12.9. The summed E-state index contributed by atoms with van der Waals surface area (Å²) in [6, 6.07) is 14.4. The summed E-state index contributed by atoms with van der Waals surface area (Å²) in [5.74, 6) is -3.91. The molecule has 0 aliphatic carbocycles. The van der Waals surface area contributed by atoms with Gasteiger partial charge in [-0.3, -0.25) is 34.3 Å². The summed E-state index contributed by atoms with van der Waals surface area (Å²) in [5.41, 5.74) is -2.01. The van der Waals surface area contributed by atoms with Crippen LogP contribution in [0.2, 0.25) is 0 Å². The molecule has 1 N–H and O–H groups in total. The third-order valence-corrected chi connectivity index (χ3v) is 8.35. The van der Waals surface area contributed by atoms with E-state index in [9.17, 15) is 14.7 Å². The molecule has 2 aliphatic rings. The maximum absolute atomic E-state index is 14.2. The van der Waals surface area contributed by atoms with Crippen LogP contribution in [-0.2, 0) is 30.3 Å². The number of fused-ring (bicyclic) bond motifs is 2. The molecule has 0 spiro atoms. The number of likely N-dealkylation sites (tertiary alicyclic amines) is 2. The predicted octanol–water partition coefficient (Wildman–Crippen LogP) is 1.77. The third kappa shape index (κ3) is 3.84. The Bertz CT molecular complexity index is 1270. The van der Waals surface area contributed by atoms with Crippen molar-refractivity contribution in [1.29, 1.82) is 0 Å². The van der Waals surface area contributed by atoms with Gasteiger partial charge in [-0.25, -0.2) is 0 Å². The van der Waals surface area contributed by atoms with Gasteiger partial charge >= 0.3 is 11.9 Å². The van der Waals surface area contributed by atoms with Gasteiger partial charge < -0.3 is 19.3 Å². The molecular formula is C29H33N5O6. The fourth-order valence-corrected chi connectivity index (χ4v) is 6.95. The average Bonchev–Trinajstić information content (AvgIpc) is 2.99. The molecular weight excluding hydrogens is 514 g/mol. The Kier molecular flexibility index (Phi) is 7.40. The molecule has 0 saturated carbocycles. The minimum absolute atomic E-state index is 0.0279. The van der Waals surface area contributed by atoms with Gasteiger partial charge in [-0.05, 0) is 43.4 Å². The monoisotopic (exact) mass is 547 g/mol. The molecule has 0 radical (unpaired) electrons. The van der Waals surface area contributed by atoms with E-state index in [-0.39, 0.29) is 19.6 Å². The molecule has 40 heavy (non-hydrogen) atoms. The first-order valence-corrected chi connectivity index (χ1v) is 12.9. The Hall–Kier alpha value is -3.77. The number of carbonyl (C=O) groups is 2. The maximum atomic E-state index is 14.2. The molecule has 4 atom stereocenters. The molecule has 0 aromatic carbocycles. The smallest absolute Gasteiger partial charge is 0.320 e. The van der Waals surface area contributed by atoms with E-state index >= 15 is 0 Å². The minimum Gasteiger partial charge on any atom is -0.468 e. The molecule has 3 aromatic heterocycles. The summed E-state index contributed by atoms with van der Waals surface area (Å²) in [4.78, 5) is 45.8. The standard InChI is InChI=1S/C29H33N5O6/c1-33-23(21-12-6-9-15-31-21)27(25(35)38-2)18-34(17-20-11-5-8-14-30-20)19-28(26(36)39-3,29(27,37)40-4)24(33)22-13-7-10-16-32-22/h5-16,23-24,37H,17-19H2,1-4H3. The van der Waals surface area contributed by atoms with E-state index in [4.69, 9.17) is 14.2 Å². The normalized spacial score (nSPS) is 30.4. The van der Waals surface area contributed by atoms with Crippen LogP contribution in [0.25, 0.3) is 0 Å². The lowest BCUT2D eigenvalue weighted by atomic mass is 9.51. The highest BCUT2D eigenvalue weighted by Crippen LogP contribution is 2.67. The summed E-state index contributed by atoms with van der Waals surface area (Å²) >= 11 is 0. The van der Waals surface area contributed by atoms with Gasteiger partial charge in [0, 0.05) is 45.3 Å². The SMILES string of the molecule is COC(=O)C12CN(Cc3ccccn3)CC(C(=O)OC)(C(c3ccccn3)N(C)C1c1ccccn1)C2(O)OC. The van der Waals surface area contributed by atoms with Gasteiger partial charge in [-0.2, -0.15) is 0 Å². The van der Waals surface area contributed by atoms with Crippen molar-refractivity contribution in [3.05, 3.63) is 90.3 Å². The van der Waals surface area contributed by atoms with E-state index in [1.54, 1.807) is 62.0 Å². The fourth-order valence-electron chi connectivity index (χ4n) is 6.95. The van der Waals surface area contributed by atoms with E-state index in [1.807, 2.05) is 28.0 Å². The predicted molar refractivity (Wildman–Crippen MR) is 142 cm³/mol. The van der Waals surface area contributed by atoms with Gasteiger partial charge in [0.2, 0.25) is 5.79 Å². The number of hydrogen-bond acceptors (Lipinski definition) is 11. The molecule has 4 unspecified atom stereocenters. The molecule has 5 rings (SSSR count). The second kappa shape index (κ2) is 10.7. The number of aliphatic hydroxyl groups is 1. The molecule has 5 heterocycles. The molecule has 0 amide bonds. The minimum atomic E-state index is -2.41. The highest BCUT2D eigenvalue weighted by atomic mass is 16.6. The Morgan fingerprint density at radius 1 is 0.825 bits per heavy atom. The van der Waals surface area contributed by atoms with Gasteiger partial charge in [0.05, 0.1) is 43.4 Å². The van der Waals surface area contributed by atoms with Crippen molar-refractivity contribution < 1.29 is 28.9 Å². The number of nitrogens with zero attached hydrogens (tertiary/aromatic N) is 5. The first-order chi connectivity index (χ1) is 19.3. The van der Waals surface area contributed by atoms with E-state index < -0.39 is 40.6 Å². The second-order valence-corrected chi connectivity index (χ2v) is 10.2. The van der Waals surface area contributed by atoms with Crippen molar-refractivity contribution in [2.45, 2.75) is 24.4 Å². The molecule has 11 heteroatoms. The van der Waals surface area contributed by atoms with Crippen LogP contribution in [0.5, 0.6) is 0 Å². The topological polar surface area (TPSA) is 127 Å². The first-order valence-electron chi connectivity index (χ1n) is 12.9. The summed E-state index contributed by atoms with van der Waals surface area (Å²) in [6.45, 7) is 0.228. The van der Waals surface area contributed by atoms with Crippen LogP contribution in [0, 0.1) is 10.8 Å². The number of carbonyl (C=O) groups excluding carboxylic acids is 2. The number of hydrogen-bond donors (Lipinski definition) is 1. The van der Waals surface area contributed by atoms with Crippen LogP contribution in [-0.4, -0.2) is 89.1 Å². The highest BCUT2D eigenvalue weighted by molar-refractivity contribution is 5.87. The van der Waals surface area contributed by atoms with Crippen molar-refractivity contribution in [2.75, 3.05) is 41.5 Å². The Balaban J connectivity index is 1.87. The highest BCUT2D eigenvalue weighted by Gasteiger charge is 2.83. The summed E-state index contributed by atoms with van der Waals surface area (Å²) in [6.07, 6.45) is 4.91. The number of pyridine rings is 3. The number of piperidine rings is 2. The van der Waals surface area contributed by atoms with Gasteiger partial charge in [0.1, 0.15) is 0 Å². The Morgan fingerprint density at radius 2 is 1.30 bits per heavy atom. The number of aromatic nitrogens is 3. The van der Waals surface area contributed by atoms with Crippen molar-refractivity contribution in [3.8, 4) is 0 Å². The third-order valence-electron chi connectivity index (χ3n) is 8.35. The van der Waals surface area contributed by atoms with Crippen LogP contribution in [0.15, 0.2) is 73.2 Å². The molecule has 2 fully saturated rings. The molecule has 11 nitrogen and oxygen atoms in total. The number of ether oxygens (including phenoxy) is 3. The zero-order valence-corrected chi connectivity index (χ0v) is 22.9. The van der Waals surface area contributed by atoms with Gasteiger partial charge in [0.15, 0.2) is 10.8 Å². The molecule has 210 valence electrons. The van der Waals surface area contributed by atoms with E-state index in [2.05, 4.69) is 15.0 Å². The lowest BCUT2D eigenvalue weighted by molar-refractivity contribution is -0.384. The van der Waals surface area contributed by atoms with Gasteiger partial charge in [-0.1, -0.05) is 18.2 Å². The number of rotatable bonds is 7. The van der Waals surface area contributed by atoms with E-state index in [0.29, 0.717) is 11.4 Å². The lowest BCUT2D eigenvalue weighted by Gasteiger charge is -2.68. The summed E-state index contributed by atoms with van der Waals surface area (Å²) < 4.78 is 16.8. The van der Waals surface area contributed by atoms with Gasteiger partial charge in [-0.15, -0.1) is 0 Å². The fraction of sp³-hybridized carbons (Fsp3) is 0.414. The summed E-state index contributed by atoms with van der Waals surface area (Å²) in [7, 11) is 5.59. The van der Waals surface area contributed by atoms with Crippen LogP contribution in [0.4, 0.5) is 0 Å². The Morgan fingerprint density at radius 3 is 1.68 bits per heavy atom.